The van der Waals surface area contributed by atoms with Crippen molar-refractivity contribution in [3.63, 3.8) is 0 Å². The number of nitrogens with one attached hydrogen (secondary N) is 1. The van der Waals surface area contributed by atoms with E-state index in [1.165, 1.54) is 19.4 Å². The summed E-state index contributed by atoms with van der Waals surface area (Å²) in [4.78, 5) is 63.8. The van der Waals surface area contributed by atoms with Crippen LogP contribution in [0.25, 0.3) is 11.2 Å². The van der Waals surface area contributed by atoms with E-state index in [-0.39, 0.29) is 71.1 Å². The molecular formula is C33H35F4N9O4. The Kier molecular flexibility index (Phi) is 8.86. The van der Waals surface area contributed by atoms with E-state index in [9.17, 15) is 37.1 Å². The van der Waals surface area contributed by atoms with Crippen molar-refractivity contribution in [2.24, 2.45) is 0 Å². The van der Waals surface area contributed by atoms with E-state index in [0.717, 1.165) is 0 Å². The standard InChI is InChI=1S/C33H35F4N9O4/c1-6-21-28(44-9-10-45(23-8-7-22(23)44)32(50)27-29(48)17(3)39-15-40-27)30(49)26-31(38-13-24(42-26)43(4)5)46(21)14-25(47)41-20-12-19(34)18(11-16(20)2)33(35,36)37/h11-13,15,22-23,48H,6-10,14H2,1-5H3,(H,41,47)/t22-,23-/m0/s1. The van der Waals surface area contributed by atoms with Gasteiger partial charge in [-0.25, -0.2) is 24.3 Å². The van der Waals surface area contributed by atoms with Gasteiger partial charge in [-0.15, -0.1) is 0 Å². The van der Waals surface area contributed by atoms with Gasteiger partial charge in [-0.2, -0.15) is 13.2 Å². The Balaban J connectivity index is 1.39. The number of amides is 2. The second kappa shape index (κ2) is 12.8. The van der Waals surface area contributed by atoms with E-state index in [4.69, 9.17) is 0 Å². The van der Waals surface area contributed by atoms with Gasteiger partial charge in [0.25, 0.3) is 5.91 Å². The van der Waals surface area contributed by atoms with Gasteiger partial charge in [-0.3, -0.25) is 14.4 Å². The van der Waals surface area contributed by atoms with Crippen LogP contribution in [0.15, 0.2) is 29.5 Å². The molecule has 2 fully saturated rings. The summed E-state index contributed by atoms with van der Waals surface area (Å²) in [5, 5.41) is 13.0. The maximum atomic E-state index is 14.4. The number of fused-ring (bicyclic) bond motifs is 2. The van der Waals surface area contributed by atoms with E-state index >= 15 is 0 Å². The molecule has 1 aromatic carbocycles. The van der Waals surface area contributed by atoms with Crippen LogP contribution in [0.1, 0.15) is 52.8 Å². The molecule has 4 aromatic rings. The van der Waals surface area contributed by atoms with Crippen LogP contribution in [-0.2, 0) is 23.9 Å². The third kappa shape index (κ3) is 5.94. The molecule has 1 saturated heterocycles. The molecule has 3 aromatic heterocycles. The molecule has 0 radical (unpaired) electrons. The van der Waals surface area contributed by atoms with Gasteiger partial charge in [0.2, 0.25) is 11.3 Å². The lowest BCUT2D eigenvalue weighted by atomic mass is 9.81. The van der Waals surface area contributed by atoms with Crippen molar-refractivity contribution in [2.75, 3.05) is 42.3 Å². The van der Waals surface area contributed by atoms with Gasteiger partial charge >= 0.3 is 6.18 Å². The van der Waals surface area contributed by atoms with E-state index < -0.39 is 41.3 Å². The smallest absolute Gasteiger partial charge is 0.419 e. The number of anilines is 3. The quantitative estimate of drug-likeness (QED) is 0.273. The number of piperazine rings is 1. The number of halogens is 4. The van der Waals surface area contributed by atoms with Gasteiger partial charge in [-0.05, 0) is 50.8 Å². The second-order valence-corrected chi connectivity index (χ2v) is 12.6. The number of carbonyl (C=O) groups is 2. The molecule has 2 amide bonds. The first-order valence-corrected chi connectivity index (χ1v) is 16.0. The molecule has 0 unspecified atom stereocenters. The van der Waals surface area contributed by atoms with E-state index in [2.05, 4.69) is 25.3 Å². The van der Waals surface area contributed by atoms with Gasteiger partial charge in [-0.1, -0.05) is 6.92 Å². The summed E-state index contributed by atoms with van der Waals surface area (Å²) in [5.74, 6) is -2.54. The van der Waals surface area contributed by atoms with Crippen LogP contribution in [0.5, 0.6) is 5.75 Å². The molecule has 1 saturated carbocycles. The Bertz CT molecular complexity index is 2090. The van der Waals surface area contributed by atoms with Crippen molar-refractivity contribution in [2.45, 2.75) is 64.8 Å². The number of hydrogen-bond donors (Lipinski definition) is 2. The summed E-state index contributed by atoms with van der Waals surface area (Å²) in [5.41, 5.74) is -0.887. The van der Waals surface area contributed by atoms with E-state index in [0.29, 0.717) is 42.2 Å². The lowest BCUT2D eigenvalue weighted by Crippen LogP contribution is -2.67. The molecule has 2 aliphatic rings. The average molecular weight is 698 g/mol. The zero-order chi connectivity index (χ0) is 36.2. The molecule has 4 heterocycles. The monoisotopic (exact) mass is 697 g/mol. The van der Waals surface area contributed by atoms with Crippen LogP contribution in [-0.4, -0.2) is 85.6 Å². The molecule has 1 aliphatic carbocycles. The maximum absolute atomic E-state index is 14.4. The topological polar surface area (TPSA) is 150 Å². The van der Waals surface area contributed by atoms with Crippen molar-refractivity contribution in [3.8, 4) is 5.75 Å². The summed E-state index contributed by atoms with van der Waals surface area (Å²) in [6, 6.07) is 0.711. The largest absolute Gasteiger partial charge is 0.504 e. The molecule has 2 N–H and O–H groups in total. The minimum absolute atomic E-state index is 0.00344. The molecule has 17 heteroatoms. The first-order valence-electron chi connectivity index (χ1n) is 16.0. The van der Waals surface area contributed by atoms with Gasteiger partial charge < -0.3 is 29.7 Å². The minimum atomic E-state index is -4.91. The molecule has 13 nitrogen and oxygen atoms in total. The minimum Gasteiger partial charge on any atom is -0.504 e. The van der Waals surface area contributed by atoms with Crippen LogP contribution in [0.2, 0.25) is 0 Å². The first kappa shape index (κ1) is 34.5. The highest BCUT2D eigenvalue weighted by molar-refractivity contribution is 5.96. The lowest BCUT2D eigenvalue weighted by molar-refractivity contribution is -0.140. The van der Waals surface area contributed by atoms with Crippen molar-refractivity contribution >= 4 is 40.2 Å². The number of alkyl halides is 3. The van der Waals surface area contributed by atoms with Gasteiger partial charge in [0.1, 0.15) is 30.2 Å². The fraction of sp³-hybridized carbons (Fsp3) is 0.424. The highest BCUT2D eigenvalue weighted by Crippen LogP contribution is 2.39. The predicted octanol–water partition coefficient (Wildman–Crippen LogP) is 3.82. The SMILES string of the molecule is CCc1c(N2CCN(C(=O)c3ncnc(C)c3O)[C@H]3CC[C@@H]32)c(=O)c2nc(N(C)C)cnc2n1CC(=O)Nc1cc(F)c(C(F)(F)F)cc1C. The fourth-order valence-corrected chi connectivity index (χ4v) is 6.66. The van der Waals surface area contributed by atoms with Crippen LogP contribution in [0.4, 0.5) is 34.8 Å². The number of aromatic hydroxyl groups is 1. The number of aryl methyl sites for hydroxylation is 2. The van der Waals surface area contributed by atoms with Gasteiger partial charge in [0.05, 0.1) is 23.5 Å². The number of nitrogens with zero attached hydrogens (tertiary/aromatic N) is 8. The Labute approximate surface area is 283 Å². The molecule has 264 valence electrons. The van der Waals surface area contributed by atoms with Crippen molar-refractivity contribution in [1.29, 1.82) is 0 Å². The molecule has 0 bridgehead atoms. The molecule has 1 aliphatic heterocycles. The molecule has 0 spiro atoms. The Morgan fingerprint density at radius 1 is 1.08 bits per heavy atom. The van der Waals surface area contributed by atoms with Gasteiger partial charge in [0.15, 0.2) is 22.6 Å². The third-order valence-electron chi connectivity index (χ3n) is 9.35. The van der Waals surface area contributed by atoms with Crippen LogP contribution < -0.4 is 20.5 Å². The van der Waals surface area contributed by atoms with Crippen LogP contribution >= 0.6 is 0 Å². The molecule has 2 atom stereocenters. The van der Waals surface area contributed by atoms with Crippen molar-refractivity contribution < 1.29 is 32.3 Å². The number of benzene rings is 1. The van der Waals surface area contributed by atoms with Crippen LogP contribution in [0.3, 0.4) is 0 Å². The Morgan fingerprint density at radius 2 is 1.80 bits per heavy atom. The van der Waals surface area contributed by atoms with E-state index in [1.807, 2.05) is 11.8 Å². The zero-order valence-electron chi connectivity index (χ0n) is 28.0. The highest BCUT2D eigenvalue weighted by atomic mass is 19.4. The summed E-state index contributed by atoms with van der Waals surface area (Å²) < 4.78 is 55.8. The second-order valence-electron chi connectivity index (χ2n) is 12.6. The highest BCUT2D eigenvalue weighted by Gasteiger charge is 2.47. The van der Waals surface area contributed by atoms with Crippen molar-refractivity contribution in [3.05, 3.63) is 68.9 Å². The Hall–Kier alpha value is -5.35. The zero-order valence-corrected chi connectivity index (χ0v) is 28.0. The van der Waals surface area contributed by atoms with Crippen molar-refractivity contribution in [1.82, 2.24) is 29.4 Å². The summed E-state index contributed by atoms with van der Waals surface area (Å²) in [6.45, 7) is 4.77. The first-order chi connectivity index (χ1) is 23.6. The molecular weight excluding hydrogens is 662 g/mol. The summed E-state index contributed by atoms with van der Waals surface area (Å²) >= 11 is 0. The number of hydrogen-bond acceptors (Lipinski definition) is 10. The molecule has 50 heavy (non-hydrogen) atoms. The fourth-order valence-electron chi connectivity index (χ4n) is 6.66. The predicted molar refractivity (Wildman–Crippen MR) is 176 cm³/mol. The summed E-state index contributed by atoms with van der Waals surface area (Å²) in [7, 11) is 3.47. The maximum Gasteiger partial charge on any atom is 0.419 e. The normalized spacial score (nSPS) is 17.4. The molecule has 6 rings (SSSR count). The van der Waals surface area contributed by atoms with E-state index in [1.54, 1.807) is 35.4 Å². The third-order valence-corrected chi connectivity index (χ3v) is 9.35. The van der Waals surface area contributed by atoms with Crippen LogP contribution in [0, 0.1) is 19.7 Å². The Morgan fingerprint density at radius 3 is 2.44 bits per heavy atom. The number of rotatable bonds is 7. The lowest BCUT2D eigenvalue weighted by Gasteiger charge is -2.54. The van der Waals surface area contributed by atoms with Gasteiger partial charge in [0, 0.05) is 44.6 Å². The number of pyridine rings is 1. The summed E-state index contributed by atoms with van der Waals surface area (Å²) in [6.07, 6.45) is -0.637. The number of aromatic nitrogens is 5. The number of carbonyl (C=O) groups excluding carboxylic acids is 2. The average Bonchev–Trinajstić information content (AvgIpc) is 3.04.